The molecule has 0 aliphatic rings. The van der Waals surface area contributed by atoms with Crippen LogP contribution in [0, 0.1) is 0 Å². The van der Waals surface area contributed by atoms with E-state index in [-0.39, 0.29) is 12.5 Å². The van der Waals surface area contributed by atoms with Gasteiger partial charge in [-0.2, -0.15) is 0 Å². The zero-order valence-corrected chi connectivity index (χ0v) is 12.7. The van der Waals surface area contributed by atoms with Crippen LogP contribution < -0.4 is 10.8 Å². The maximum Gasteiger partial charge on any atom is 0.262 e. The summed E-state index contributed by atoms with van der Waals surface area (Å²) in [5, 5.41) is 2.51. The smallest absolute Gasteiger partial charge is 0.262 e. The minimum atomic E-state index is -0.468. The summed E-state index contributed by atoms with van der Waals surface area (Å²) in [6.07, 6.45) is 0. The molecule has 0 aliphatic carbocycles. The molecule has 0 saturated carbocycles. The second-order valence-electron chi connectivity index (χ2n) is 4.93. The van der Waals surface area contributed by atoms with E-state index in [4.69, 9.17) is 4.84 Å². The Morgan fingerprint density at radius 1 is 1.32 bits per heavy atom. The maximum absolute atomic E-state index is 11.7. The van der Waals surface area contributed by atoms with Crippen LogP contribution in [0.15, 0.2) is 28.7 Å². The number of hydroxylamine groups is 1. The fourth-order valence-corrected chi connectivity index (χ4v) is 1.54. The predicted octanol–water partition coefficient (Wildman–Crippen LogP) is 2.03. The molecule has 0 heterocycles. The second-order valence-corrected chi connectivity index (χ2v) is 5.85. The molecule has 5 nitrogen and oxygen atoms in total. The van der Waals surface area contributed by atoms with Gasteiger partial charge in [0.1, 0.15) is 0 Å². The Balaban J connectivity index is 2.40. The van der Waals surface area contributed by atoms with E-state index in [9.17, 15) is 9.59 Å². The van der Waals surface area contributed by atoms with Crippen LogP contribution in [-0.4, -0.2) is 24.0 Å². The molecule has 104 valence electrons. The van der Waals surface area contributed by atoms with Crippen molar-refractivity contribution in [1.29, 1.82) is 0 Å². The monoisotopic (exact) mass is 328 g/mol. The van der Waals surface area contributed by atoms with Crippen molar-refractivity contribution in [2.45, 2.75) is 26.4 Å². The molecular weight excluding hydrogens is 312 g/mol. The van der Waals surface area contributed by atoms with E-state index in [2.05, 4.69) is 26.7 Å². The minimum Gasteiger partial charge on any atom is -0.343 e. The lowest BCUT2D eigenvalue weighted by atomic mass is 10.2. The van der Waals surface area contributed by atoms with E-state index in [1.54, 1.807) is 18.2 Å². The van der Waals surface area contributed by atoms with Gasteiger partial charge in [-0.15, -0.1) is 0 Å². The Hall–Kier alpha value is -1.40. The van der Waals surface area contributed by atoms with Crippen molar-refractivity contribution < 1.29 is 14.4 Å². The van der Waals surface area contributed by atoms with E-state index in [1.807, 2.05) is 26.8 Å². The lowest BCUT2D eigenvalue weighted by Crippen LogP contribution is -2.40. The zero-order valence-electron chi connectivity index (χ0n) is 11.1. The Morgan fingerprint density at radius 3 is 2.58 bits per heavy atom. The van der Waals surface area contributed by atoms with Crippen LogP contribution in [0.1, 0.15) is 31.1 Å². The summed E-state index contributed by atoms with van der Waals surface area (Å²) in [6.45, 7) is 5.30. The molecule has 2 N–H and O–H groups in total. The molecule has 1 rings (SSSR count). The highest BCUT2D eigenvalue weighted by atomic mass is 79.9. The topological polar surface area (TPSA) is 67.4 Å². The molecular formula is C13H17BrN2O3. The summed E-state index contributed by atoms with van der Waals surface area (Å²) < 4.78 is 0.806. The highest BCUT2D eigenvalue weighted by Gasteiger charge is 2.13. The van der Waals surface area contributed by atoms with Crippen LogP contribution in [0.3, 0.4) is 0 Å². The van der Waals surface area contributed by atoms with Gasteiger partial charge in [0.15, 0.2) is 0 Å². The standard InChI is InChI=1S/C13H17BrN2O3/c1-13(2,3)19-16-11(17)8-15-12(18)9-5-4-6-10(14)7-9/h4-7H,8H2,1-3H3,(H,15,18)(H,16,17). The molecule has 0 saturated heterocycles. The van der Waals surface area contributed by atoms with Crippen molar-refractivity contribution >= 4 is 27.7 Å². The molecule has 1 aromatic carbocycles. The van der Waals surface area contributed by atoms with E-state index < -0.39 is 11.5 Å². The van der Waals surface area contributed by atoms with Crippen LogP contribution in [0.4, 0.5) is 0 Å². The fraction of sp³-hybridized carbons (Fsp3) is 0.385. The first-order valence-corrected chi connectivity index (χ1v) is 6.58. The first-order chi connectivity index (χ1) is 8.78. The summed E-state index contributed by atoms with van der Waals surface area (Å²) in [5.41, 5.74) is 2.29. The first-order valence-electron chi connectivity index (χ1n) is 5.78. The molecule has 0 unspecified atom stereocenters. The van der Waals surface area contributed by atoms with Crippen LogP contribution >= 0.6 is 15.9 Å². The van der Waals surface area contributed by atoms with Crippen LogP contribution in [0.5, 0.6) is 0 Å². The Morgan fingerprint density at radius 2 is 2.00 bits per heavy atom. The maximum atomic E-state index is 11.7. The van der Waals surface area contributed by atoms with Crippen molar-refractivity contribution in [1.82, 2.24) is 10.8 Å². The molecule has 0 bridgehead atoms. The number of nitrogens with one attached hydrogen (secondary N) is 2. The lowest BCUT2D eigenvalue weighted by molar-refractivity contribution is -0.144. The van der Waals surface area contributed by atoms with Crippen molar-refractivity contribution in [2.75, 3.05) is 6.54 Å². The van der Waals surface area contributed by atoms with Crippen LogP contribution in [0.2, 0.25) is 0 Å². The zero-order chi connectivity index (χ0) is 14.5. The molecule has 19 heavy (non-hydrogen) atoms. The van der Waals surface area contributed by atoms with Crippen LogP contribution in [0.25, 0.3) is 0 Å². The van der Waals surface area contributed by atoms with Gasteiger partial charge in [0.25, 0.3) is 11.8 Å². The fourth-order valence-electron chi connectivity index (χ4n) is 1.14. The van der Waals surface area contributed by atoms with Crippen LogP contribution in [-0.2, 0) is 9.63 Å². The van der Waals surface area contributed by atoms with E-state index in [0.717, 1.165) is 4.47 Å². The van der Waals surface area contributed by atoms with Gasteiger partial charge in [-0.05, 0) is 39.0 Å². The molecule has 6 heteroatoms. The molecule has 0 aliphatic heterocycles. The number of carbonyl (C=O) groups is 2. The summed E-state index contributed by atoms with van der Waals surface area (Å²) in [5.74, 6) is -0.717. The Labute approximate surface area is 120 Å². The van der Waals surface area contributed by atoms with Gasteiger partial charge in [0.05, 0.1) is 12.1 Å². The number of hydrogen-bond donors (Lipinski definition) is 2. The van der Waals surface area contributed by atoms with Crippen molar-refractivity contribution in [3.8, 4) is 0 Å². The van der Waals surface area contributed by atoms with E-state index in [1.165, 1.54) is 0 Å². The molecule has 0 aromatic heterocycles. The van der Waals surface area contributed by atoms with Gasteiger partial charge in [-0.25, -0.2) is 5.48 Å². The van der Waals surface area contributed by atoms with Gasteiger partial charge in [-0.1, -0.05) is 22.0 Å². The lowest BCUT2D eigenvalue weighted by Gasteiger charge is -2.18. The van der Waals surface area contributed by atoms with Crippen molar-refractivity contribution in [2.24, 2.45) is 0 Å². The molecule has 0 fully saturated rings. The van der Waals surface area contributed by atoms with Crippen molar-refractivity contribution in [3.05, 3.63) is 34.3 Å². The van der Waals surface area contributed by atoms with Crippen molar-refractivity contribution in [3.63, 3.8) is 0 Å². The van der Waals surface area contributed by atoms with E-state index >= 15 is 0 Å². The summed E-state index contributed by atoms with van der Waals surface area (Å²) >= 11 is 3.28. The van der Waals surface area contributed by atoms with Gasteiger partial charge in [0.2, 0.25) is 0 Å². The van der Waals surface area contributed by atoms with Gasteiger partial charge < -0.3 is 5.32 Å². The third-order valence-corrected chi connectivity index (χ3v) is 2.46. The SMILES string of the molecule is CC(C)(C)ONC(=O)CNC(=O)c1cccc(Br)c1. The largest absolute Gasteiger partial charge is 0.343 e. The predicted molar refractivity (Wildman–Crippen MR) is 75.5 cm³/mol. The van der Waals surface area contributed by atoms with E-state index in [0.29, 0.717) is 5.56 Å². The second kappa shape index (κ2) is 6.68. The molecule has 2 amide bonds. The summed E-state index contributed by atoms with van der Waals surface area (Å²) in [4.78, 5) is 28.3. The first kappa shape index (κ1) is 15.7. The van der Waals surface area contributed by atoms with Gasteiger partial charge in [-0.3, -0.25) is 14.4 Å². The third-order valence-electron chi connectivity index (χ3n) is 1.97. The molecule has 0 atom stereocenters. The molecule has 0 radical (unpaired) electrons. The Kier molecular flexibility index (Phi) is 5.50. The number of benzene rings is 1. The molecule has 1 aromatic rings. The third kappa shape index (κ3) is 6.35. The number of hydrogen-bond acceptors (Lipinski definition) is 3. The van der Waals surface area contributed by atoms with Gasteiger partial charge in [0, 0.05) is 10.0 Å². The highest BCUT2D eigenvalue weighted by Crippen LogP contribution is 2.11. The Bertz CT molecular complexity index is 469. The number of rotatable bonds is 4. The summed E-state index contributed by atoms with van der Waals surface area (Å²) in [6, 6.07) is 6.92. The highest BCUT2D eigenvalue weighted by molar-refractivity contribution is 9.10. The minimum absolute atomic E-state index is 0.137. The number of carbonyl (C=O) groups excluding carboxylic acids is 2. The number of amides is 2. The normalized spacial score (nSPS) is 10.9. The molecule has 0 spiro atoms. The van der Waals surface area contributed by atoms with Gasteiger partial charge >= 0.3 is 0 Å². The number of halogens is 1. The quantitative estimate of drug-likeness (QED) is 0.831. The average molecular weight is 329 g/mol. The average Bonchev–Trinajstić information content (AvgIpc) is 2.32. The summed E-state index contributed by atoms with van der Waals surface area (Å²) in [7, 11) is 0.